The van der Waals surface area contributed by atoms with Crippen molar-refractivity contribution in [3.63, 3.8) is 0 Å². The molecule has 154 valence electrons. The highest BCUT2D eigenvalue weighted by Gasteiger charge is 2.31. The topological polar surface area (TPSA) is 112 Å². The second-order valence-corrected chi connectivity index (χ2v) is 6.88. The van der Waals surface area contributed by atoms with Crippen LogP contribution in [0.5, 0.6) is 11.6 Å². The third-order valence-corrected chi connectivity index (χ3v) is 5.06. The van der Waals surface area contributed by atoms with Gasteiger partial charge in [0.25, 0.3) is 5.91 Å². The van der Waals surface area contributed by atoms with Gasteiger partial charge < -0.3 is 20.5 Å². The number of nitrogens with two attached hydrogens (primary N) is 1. The molecule has 0 bridgehead atoms. The van der Waals surface area contributed by atoms with Crippen molar-refractivity contribution < 1.29 is 18.7 Å². The summed E-state index contributed by atoms with van der Waals surface area (Å²) < 4.78 is 24.8. The van der Waals surface area contributed by atoms with Crippen LogP contribution in [0.25, 0.3) is 11.1 Å². The standard InChI is InChI=1S/C21H20FN5O3/c1-10-19-16(27-21(23)25-10)7-15(26-20(19)28)12-5-4-11(22)6-13(12)14-9-24-18(30-3)8-17(14)29-2/h4-6,8-9,15H,7H2,1-3H3,(H,26,28)(H2,23,25,27). The lowest BCUT2D eigenvalue weighted by molar-refractivity contribution is 0.0922. The summed E-state index contributed by atoms with van der Waals surface area (Å²) in [4.78, 5) is 25.3. The van der Waals surface area contributed by atoms with Crippen LogP contribution < -0.4 is 20.5 Å². The number of halogens is 1. The number of carbonyl (C=O) groups excluding carboxylic acids is 1. The zero-order valence-electron chi connectivity index (χ0n) is 16.7. The zero-order chi connectivity index (χ0) is 21.4. The van der Waals surface area contributed by atoms with Gasteiger partial charge in [0.1, 0.15) is 11.6 Å². The summed E-state index contributed by atoms with van der Waals surface area (Å²) in [5.74, 6) is 0.236. The van der Waals surface area contributed by atoms with Crippen LogP contribution in [-0.4, -0.2) is 35.1 Å². The molecule has 0 radical (unpaired) electrons. The van der Waals surface area contributed by atoms with Crippen LogP contribution in [0.1, 0.15) is 33.4 Å². The van der Waals surface area contributed by atoms with Gasteiger partial charge >= 0.3 is 0 Å². The molecule has 3 N–H and O–H groups in total. The molecule has 2 aromatic heterocycles. The second kappa shape index (κ2) is 7.58. The van der Waals surface area contributed by atoms with E-state index in [0.29, 0.717) is 51.7 Å². The van der Waals surface area contributed by atoms with Crippen molar-refractivity contribution >= 4 is 11.9 Å². The van der Waals surface area contributed by atoms with Gasteiger partial charge in [0.05, 0.1) is 37.2 Å². The predicted octanol–water partition coefficient (Wildman–Crippen LogP) is 2.61. The van der Waals surface area contributed by atoms with Crippen LogP contribution in [0.15, 0.2) is 30.5 Å². The normalized spacial score (nSPS) is 15.3. The van der Waals surface area contributed by atoms with E-state index in [-0.39, 0.29) is 11.9 Å². The molecule has 4 rings (SSSR count). The number of hydrogen-bond acceptors (Lipinski definition) is 7. The number of fused-ring (bicyclic) bond motifs is 1. The number of benzene rings is 1. The summed E-state index contributed by atoms with van der Waals surface area (Å²) in [5, 5.41) is 2.97. The number of carbonyl (C=O) groups is 1. The fourth-order valence-electron chi connectivity index (χ4n) is 3.73. The summed E-state index contributed by atoms with van der Waals surface area (Å²) in [6.45, 7) is 1.72. The number of ether oxygens (including phenoxy) is 2. The fraction of sp³-hybridized carbons (Fsp3) is 0.238. The number of nitrogens with one attached hydrogen (secondary N) is 1. The number of rotatable bonds is 4. The molecule has 3 aromatic rings. The van der Waals surface area contributed by atoms with Crippen molar-refractivity contribution in [2.75, 3.05) is 20.0 Å². The number of nitrogen functional groups attached to an aromatic ring is 1. The summed E-state index contributed by atoms with van der Waals surface area (Å²) in [6.07, 6.45) is 1.94. The van der Waals surface area contributed by atoms with Gasteiger partial charge in [-0.3, -0.25) is 4.79 Å². The smallest absolute Gasteiger partial charge is 0.255 e. The van der Waals surface area contributed by atoms with Crippen LogP contribution >= 0.6 is 0 Å². The molecule has 30 heavy (non-hydrogen) atoms. The summed E-state index contributed by atoms with van der Waals surface area (Å²) in [5.41, 5.74) is 9.11. The van der Waals surface area contributed by atoms with Crippen molar-refractivity contribution in [3.8, 4) is 22.8 Å². The average molecular weight is 409 g/mol. The third kappa shape index (κ3) is 3.38. The third-order valence-electron chi connectivity index (χ3n) is 5.06. The van der Waals surface area contributed by atoms with E-state index in [1.807, 2.05) is 0 Å². The summed E-state index contributed by atoms with van der Waals surface area (Å²) in [6, 6.07) is 5.56. The molecule has 1 atom stereocenters. The monoisotopic (exact) mass is 409 g/mol. The molecule has 3 heterocycles. The van der Waals surface area contributed by atoms with E-state index in [1.54, 1.807) is 25.3 Å². The Hall–Kier alpha value is -3.75. The number of aromatic nitrogens is 3. The minimum absolute atomic E-state index is 0.111. The van der Waals surface area contributed by atoms with E-state index >= 15 is 0 Å². The molecule has 0 saturated carbocycles. The highest BCUT2D eigenvalue weighted by atomic mass is 19.1. The van der Waals surface area contributed by atoms with Gasteiger partial charge in [-0.25, -0.2) is 19.3 Å². The molecule has 8 nitrogen and oxygen atoms in total. The molecule has 1 aliphatic heterocycles. The lowest BCUT2D eigenvalue weighted by atomic mass is 9.89. The number of amides is 1. The summed E-state index contributed by atoms with van der Waals surface area (Å²) >= 11 is 0. The van der Waals surface area contributed by atoms with Crippen molar-refractivity contribution in [1.82, 2.24) is 20.3 Å². The Morgan fingerprint density at radius 3 is 2.70 bits per heavy atom. The molecular weight excluding hydrogens is 389 g/mol. The van der Waals surface area contributed by atoms with Crippen LogP contribution in [0.2, 0.25) is 0 Å². The number of methoxy groups -OCH3 is 2. The Kier molecular flexibility index (Phi) is 4.94. The quantitative estimate of drug-likeness (QED) is 0.681. The number of pyridine rings is 1. The minimum Gasteiger partial charge on any atom is -0.496 e. The van der Waals surface area contributed by atoms with E-state index in [0.717, 1.165) is 0 Å². The van der Waals surface area contributed by atoms with Crippen LogP contribution in [0.4, 0.5) is 10.3 Å². The van der Waals surface area contributed by atoms with E-state index in [4.69, 9.17) is 15.2 Å². The molecule has 9 heteroatoms. The Morgan fingerprint density at radius 1 is 1.17 bits per heavy atom. The SMILES string of the molecule is COc1cc(OC)c(-c2cc(F)ccc2C2Cc3nc(N)nc(C)c3C(=O)N2)cn1. The van der Waals surface area contributed by atoms with Crippen molar-refractivity contribution in [2.24, 2.45) is 0 Å². The number of aryl methyl sites for hydroxylation is 1. The molecular formula is C21H20FN5O3. The number of nitrogens with zero attached hydrogens (tertiary/aromatic N) is 3. The first-order valence-electron chi connectivity index (χ1n) is 9.23. The van der Waals surface area contributed by atoms with Crippen LogP contribution in [-0.2, 0) is 6.42 Å². The van der Waals surface area contributed by atoms with Gasteiger partial charge in [-0.15, -0.1) is 0 Å². The van der Waals surface area contributed by atoms with E-state index in [1.165, 1.54) is 26.4 Å². The minimum atomic E-state index is -0.443. The van der Waals surface area contributed by atoms with Crippen LogP contribution in [0, 0.1) is 12.7 Å². The highest BCUT2D eigenvalue weighted by Crippen LogP contribution is 2.38. The number of hydrogen-bond donors (Lipinski definition) is 2. The first kappa shape index (κ1) is 19.6. The highest BCUT2D eigenvalue weighted by molar-refractivity contribution is 5.98. The maximum atomic E-state index is 14.2. The van der Waals surface area contributed by atoms with Gasteiger partial charge in [-0.2, -0.15) is 0 Å². The molecule has 1 aliphatic rings. The Bertz CT molecular complexity index is 1150. The lowest BCUT2D eigenvalue weighted by Crippen LogP contribution is -2.37. The lowest BCUT2D eigenvalue weighted by Gasteiger charge is -2.28. The summed E-state index contributed by atoms with van der Waals surface area (Å²) in [7, 11) is 3.01. The largest absolute Gasteiger partial charge is 0.496 e. The molecule has 0 spiro atoms. The van der Waals surface area contributed by atoms with E-state index in [2.05, 4.69) is 20.3 Å². The van der Waals surface area contributed by atoms with Crippen molar-refractivity contribution in [2.45, 2.75) is 19.4 Å². The molecule has 1 aromatic carbocycles. The molecule has 1 unspecified atom stereocenters. The van der Waals surface area contributed by atoms with Crippen molar-refractivity contribution in [3.05, 3.63) is 58.8 Å². The van der Waals surface area contributed by atoms with Gasteiger partial charge in [-0.1, -0.05) is 6.07 Å². The maximum Gasteiger partial charge on any atom is 0.255 e. The van der Waals surface area contributed by atoms with E-state index < -0.39 is 11.9 Å². The molecule has 0 aliphatic carbocycles. The molecule has 0 saturated heterocycles. The number of anilines is 1. The van der Waals surface area contributed by atoms with Gasteiger partial charge in [0.2, 0.25) is 11.8 Å². The van der Waals surface area contributed by atoms with E-state index in [9.17, 15) is 9.18 Å². The maximum absolute atomic E-state index is 14.2. The Balaban J connectivity index is 1.83. The fourth-order valence-corrected chi connectivity index (χ4v) is 3.73. The van der Waals surface area contributed by atoms with Crippen LogP contribution in [0.3, 0.4) is 0 Å². The average Bonchev–Trinajstić information content (AvgIpc) is 2.72. The first-order chi connectivity index (χ1) is 14.4. The zero-order valence-corrected chi connectivity index (χ0v) is 16.7. The molecule has 1 amide bonds. The molecule has 0 fully saturated rings. The van der Waals surface area contributed by atoms with Gasteiger partial charge in [0, 0.05) is 24.2 Å². The Morgan fingerprint density at radius 2 is 1.97 bits per heavy atom. The Labute approximate surface area is 172 Å². The first-order valence-corrected chi connectivity index (χ1v) is 9.23. The van der Waals surface area contributed by atoms with Gasteiger partial charge in [0.15, 0.2) is 0 Å². The van der Waals surface area contributed by atoms with Crippen molar-refractivity contribution in [1.29, 1.82) is 0 Å². The predicted molar refractivity (Wildman–Crippen MR) is 108 cm³/mol. The second-order valence-electron chi connectivity index (χ2n) is 6.88. The van der Waals surface area contributed by atoms with Gasteiger partial charge in [-0.05, 0) is 30.2 Å².